The standard InChI is InChI=1S/C18H19F3N2/c19-18(20,21)16-7-4-8-17(13-16)23-11-9-22(10-12-23)14-15-5-2-1-3-6-15/h1-8,13H,9-12,14H2. The SMILES string of the molecule is FC(F)(F)c1cccc(N2CCN(Cc3ccccc3)CC2)c1. The molecule has 0 amide bonds. The zero-order valence-corrected chi connectivity index (χ0v) is 12.8. The maximum Gasteiger partial charge on any atom is 0.416 e. The van der Waals surface area contributed by atoms with Crippen LogP contribution < -0.4 is 4.90 Å². The Bertz CT molecular complexity index is 632. The van der Waals surface area contributed by atoms with Crippen molar-refractivity contribution in [2.45, 2.75) is 12.7 Å². The lowest BCUT2D eigenvalue weighted by atomic mass is 10.1. The van der Waals surface area contributed by atoms with Crippen LogP contribution in [0, 0.1) is 0 Å². The highest BCUT2D eigenvalue weighted by Crippen LogP contribution is 2.31. The molecule has 2 nitrogen and oxygen atoms in total. The number of benzene rings is 2. The third-order valence-electron chi connectivity index (χ3n) is 4.16. The van der Waals surface area contributed by atoms with Crippen LogP contribution in [0.4, 0.5) is 18.9 Å². The molecule has 0 atom stereocenters. The van der Waals surface area contributed by atoms with Gasteiger partial charge in [0.15, 0.2) is 0 Å². The van der Waals surface area contributed by atoms with E-state index in [1.54, 1.807) is 6.07 Å². The summed E-state index contributed by atoms with van der Waals surface area (Å²) < 4.78 is 38.4. The van der Waals surface area contributed by atoms with Gasteiger partial charge in [0.1, 0.15) is 0 Å². The molecule has 122 valence electrons. The number of nitrogens with zero attached hydrogens (tertiary/aromatic N) is 2. The largest absolute Gasteiger partial charge is 0.416 e. The Morgan fingerprint density at radius 1 is 0.826 bits per heavy atom. The number of hydrogen-bond acceptors (Lipinski definition) is 2. The summed E-state index contributed by atoms with van der Waals surface area (Å²) >= 11 is 0. The summed E-state index contributed by atoms with van der Waals surface area (Å²) in [7, 11) is 0. The number of hydrogen-bond donors (Lipinski definition) is 0. The molecule has 0 bridgehead atoms. The molecule has 3 rings (SSSR count). The highest BCUT2D eigenvalue weighted by Gasteiger charge is 2.31. The van der Waals surface area contributed by atoms with Crippen LogP contribution in [-0.4, -0.2) is 31.1 Å². The highest BCUT2D eigenvalue weighted by atomic mass is 19.4. The maximum atomic E-state index is 12.8. The van der Waals surface area contributed by atoms with Crippen molar-refractivity contribution in [2.24, 2.45) is 0 Å². The number of rotatable bonds is 3. The number of halogens is 3. The van der Waals surface area contributed by atoms with Crippen LogP contribution in [0.3, 0.4) is 0 Å². The summed E-state index contributed by atoms with van der Waals surface area (Å²) in [6.07, 6.45) is -4.29. The van der Waals surface area contributed by atoms with E-state index in [0.717, 1.165) is 38.8 Å². The molecular formula is C18H19F3N2. The molecule has 0 aromatic heterocycles. The second kappa shape index (κ2) is 6.62. The molecule has 0 aliphatic carbocycles. The average Bonchev–Trinajstić information content (AvgIpc) is 2.56. The van der Waals surface area contributed by atoms with E-state index in [-0.39, 0.29) is 0 Å². The molecule has 23 heavy (non-hydrogen) atoms. The fraction of sp³-hybridized carbons (Fsp3) is 0.333. The molecule has 1 fully saturated rings. The topological polar surface area (TPSA) is 6.48 Å². The summed E-state index contributed by atoms with van der Waals surface area (Å²) in [5.74, 6) is 0. The van der Waals surface area contributed by atoms with E-state index < -0.39 is 11.7 Å². The van der Waals surface area contributed by atoms with E-state index in [0.29, 0.717) is 5.69 Å². The minimum atomic E-state index is -4.29. The van der Waals surface area contributed by atoms with Crippen LogP contribution in [0.2, 0.25) is 0 Å². The second-order valence-corrected chi connectivity index (χ2v) is 5.80. The van der Waals surface area contributed by atoms with Gasteiger partial charge < -0.3 is 4.90 Å². The summed E-state index contributed by atoms with van der Waals surface area (Å²) in [4.78, 5) is 4.36. The van der Waals surface area contributed by atoms with Crippen molar-refractivity contribution in [3.8, 4) is 0 Å². The molecule has 0 spiro atoms. The van der Waals surface area contributed by atoms with Crippen molar-refractivity contribution < 1.29 is 13.2 Å². The lowest BCUT2D eigenvalue weighted by Gasteiger charge is -2.36. The monoisotopic (exact) mass is 320 g/mol. The highest BCUT2D eigenvalue weighted by molar-refractivity contribution is 5.49. The molecule has 1 saturated heterocycles. The Morgan fingerprint density at radius 2 is 1.52 bits per heavy atom. The van der Waals surface area contributed by atoms with Crippen molar-refractivity contribution in [1.29, 1.82) is 0 Å². The maximum absolute atomic E-state index is 12.8. The van der Waals surface area contributed by atoms with E-state index in [9.17, 15) is 13.2 Å². The fourth-order valence-electron chi connectivity index (χ4n) is 2.88. The first kappa shape index (κ1) is 15.9. The van der Waals surface area contributed by atoms with Crippen LogP contribution in [0.5, 0.6) is 0 Å². The van der Waals surface area contributed by atoms with Crippen molar-refractivity contribution in [3.63, 3.8) is 0 Å². The van der Waals surface area contributed by atoms with Crippen molar-refractivity contribution >= 4 is 5.69 Å². The zero-order chi connectivity index (χ0) is 16.3. The van der Waals surface area contributed by atoms with Gasteiger partial charge in [-0.3, -0.25) is 4.90 Å². The predicted octanol–water partition coefficient (Wildman–Crippen LogP) is 4.03. The summed E-state index contributed by atoms with van der Waals surface area (Å²) in [6, 6.07) is 15.8. The summed E-state index contributed by atoms with van der Waals surface area (Å²) in [6.45, 7) is 4.08. The molecule has 1 heterocycles. The van der Waals surface area contributed by atoms with Crippen LogP contribution >= 0.6 is 0 Å². The van der Waals surface area contributed by atoms with Gasteiger partial charge in [-0.2, -0.15) is 13.2 Å². The molecular weight excluding hydrogens is 301 g/mol. The predicted molar refractivity (Wildman–Crippen MR) is 85.4 cm³/mol. The summed E-state index contributed by atoms with van der Waals surface area (Å²) in [5.41, 5.74) is 1.33. The first-order valence-corrected chi connectivity index (χ1v) is 7.71. The van der Waals surface area contributed by atoms with E-state index in [1.807, 2.05) is 23.1 Å². The molecule has 0 saturated carbocycles. The normalized spacial score (nSPS) is 16.6. The Balaban J connectivity index is 1.61. The van der Waals surface area contributed by atoms with Gasteiger partial charge in [0.2, 0.25) is 0 Å². The van der Waals surface area contributed by atoms with Gasteiger partial charge in [0.05, 0.1) is 5.56 Å². The van der Waals surface area contributed by atoms with E-state index >= 15 is 0 Å². The van der Waals surface area contributed by atoms with Crippen LogP contribution in [0.1, 0.15) is 11.1 Å². The van der Waals surface area contributed by atoms with Crippen molar-refractivity contribution in [3.05, 3.63) is 65.7 Å². The quantitative estimate of drug-likeness (QED) is 0.842. The Hall–Kier alpha value is -2.01. The van der Waals surface area contributed by atoms with Crippen LogP contribution in [0.15, 0.2) is 54.6 Å². The average molecular weight is 320 g/mol. The minimum absolute atomic E-state index is 0.582. The fourth-order valence-corrected chi connectivity index (χ4v) is 2.88. The second-order valence-electron chi connectivity index (χ2n) is 5.80. The van der Waals surface area contributed by atoms with Gasteiger partial charge in [0, 0.05) is 38.4 Å². The van der Waals surface area contributed by atoms with Crippen LogP contribution in [0.25, 0.3) is 0 Å². The lowest BCUT2D eigenvalue weighted by molar-refractivity contribution is -0.137. The van der Waals surface area contributed by atoms with Gasteiger partial charge in [-0.05, 0) is 23.8 Å². The minimum Gasteiger partial charge on any atom is -0.369 e. The summed E-state index contributed by atoms with van der Waals surface area (Å²) in [5, 5.41) is 0. The molecule has 1 aliphatic heterocycles. The van der Waals surface area contributed by atoms with E-state index in [1.165, 1.54) is 17.7 Å². The van der Waals surface area contributed by atoms with Gasteiger partial charge in [-0.15, -0.1) is 0 Å². The smallest absolute Gasteiger partial charge is 0.369 e. The first-order valence-electron chi connectivity index (χ1n) is 7.71. The van der Waals surface area contributed by atoms with Crippen molar-refractivity contribution in [1.82, 2.24) is 4.90 Å². The van der Waals surface area contributed by atoms with E-state index in [4.69, 9.17) is 0 Å². The number of anilines is 1. The molecule has 5 heteroatoms. The Labute approximate surface area is 134 Å². The third kappa shape index (κ3) is 4.05. The van der Waals surface area contributed by atoms with Gasteiger partial charge in [0.25, 0.3) is 0 Å². The van der Waals surface area contributed by atoms with Gasteiger partial charge >= 0.3 is 6.18 Å². The number of alkyl halides is 3. The molecule has 0 N–H and O–H groups in total. The lowest BCUT2D eigenvalue weighted by Crippen LogP contribution is -2.46. The molecule has 2 aromatic rings. The first-order chi connectivity index (χ1) is 11.0. The molecule has 0 radical (unpaired) electrons. The third-order valence-corrected chi connectivity index (χ3v) is 4.16. The van der Waals surface area contributed by atoms with E-state index in [2.05, 4.69) is 17.0 Å². The van der Waals surface area contributed by atoms with Crippen LogP contribution in [-0.2, 0) is 12.7 Å². The zero-order valence-electron chi connectivity index (χ0n) is 12.8. The van der Waals surface area contributed by atoms with Crippen molar-refractivity contribution in [2.75, 3.05) is 31.1 Å². The molecule has 2 aromatic carbocycles. The molecule has 0 unspecified atom stereocenters. The Morgan fingerprint density at radius 3 is 2.17 bits per heavy atom. The number of piperazine rings is 1. The van der Waals surface area contributed by atoms with Gasteiger partial charge in [-0.25, -0.2) is 0 Å². The molecule has 1 aliphatic rings. The Kier molecular flexibility index (Phi) is 4.57. The van der Waals surface area contributed by atoms with Gasteiger partial charge in [-0.1, -0.05) is 36.4 Å².